The van der Waals surface area contributed by atoms with Gasteiger partial charge in [0.25, 0.3) is 5.91 Å². The second kappa shape index (κ2) is 7.23. The van der Waals surface area contributed by atoms with Crippen molar-refractivity contribution in [2.75, 3.05) is 32.5 Å². The molecular formula is C19H26FN3O3. The van der Waals surface area contributed by atoms with E-state index in [1.165, 1.54) is 12.1 Å². The highest BCUT2D eigenvalue weighted by Gasteiger charge is 2.49. The summed E-state index contributed by atoms with van der Waals surface area (Å²) in [6, 6.07) is 5.62. The van der Waals surface area contributed by atoms with Crippen LogP contribution in [0.1, 0.15) is 26.2 Å². The topological polar surface area (TPSA) is 61.9 Å². The van der Waals surface area contributed by atoms with Crippen molar-refractivity contribution in [1.29, 1.82) is 0 Å². The number of halogens is 1. The molecule has 3 atom stereocenters. The van der Waals surface area contributed by atoms with Crippen LogP contribution in [0.2, 0.25) is 0 Å². The smallest absolute Gasteiger partial charge is 0.321 e. The molecule has 0 unspecified atom stereocenters. The molecule has 1 aromatic rings. The number of hydrogen-bond donors (Lipinski definition) is 1. The third kappa shape index (κ3) is 3.67. The Morgan fingerprint density at radius 1 is 1.35 bits per heavy atom. The lowest BCUT2D eigenvalue weighted by Gasteiger charge is -2.44. The van der Waals surface area contributed by atoms with Gasteiger partial charge in [0.2, 0.25) is 0 Å². The summed E-state index contributed by atoms with van der Waals surface area (Å²) in [6.07, 6.45) is 1.86. The minimum absolute atomic E-state index is 0.000326. The highest BCUT2D eigenvalue weighted by molar-refractivity contribution is 5.89. The van der Waals surface area contributed by atoms with Crippen LogP contribution < -0.4 is 5.32 Å². The van der Waals surface area contributed by atoms with Gasteiger partial charge in [-0.15, -0.1) is 0 Å². The fourth-order valence-electron chi connectivity index (χ4n) is 3.90. The molecule has 2 aliphatic rings. The van der Waals surface area contributed by atoms with E-state index in [0.29, 0.717) is 25.2 Å². The summed E-state index contributed by atoms with van der Waals surface area (Å²) in [7, 11) is 3.47. The molecule has 0 radical (unpaired) electrons. The molecule has 1 spiro atoms. The number of nitrogens with zero attached hydrogens (tertiary/aromatic N) is 2. The standard InChI is InChI=1S/C19H26FN3O3/c1-13-12-23(18(25)21-15-6-4-5-14(20)11-15)10-9-19(13)8-7-16(26-19)17(24)22(2)3/h4-6,11,13,16H,7-10,12H2,1-3H3,(H,21,25)/t13-,16-,19+/m1/s1. The number of amides is 3. The molecule has 7 heteroatoms. The molecule has 0 saturated carbocycles. The zero-order valence-corrected chi connectivity index (χ0v) is 15.5. The van der Waals surface area contributed by atoms with Crippen molar-refractivity contribution in [3.63, 3.8) is 0 Å². The molecule has 142 valence electrons. The molecule has 1 aromatic carbocycles. The number of likely N-dealkylation sites (tertiary alicyclic amines) is 1. The van der Waals surface area contributed by atoms with Crippen LogP contribution in [0.25, 0.3) is 0 Å². The molecule has 2 heterocycles. The fraction of sp³-hybridized carbons (Fsp3) is 0.579. The predicted molar refractivity (Wildman–Crippen MR) is 96.3 cm³/mol. The first-order chi connectivity index (χ1) is 12.3. The number of nitrogens with one attached hydrogen (secondary N) is 1. The molecule has 1 N–H and O–H groups in total. The van der Waals surface area contributed by atoms with E-state index in [1.54, 1.807) is 36.0 Å². The Bertz CT molecular complexity index is 696. The van der Waals surface area contributed by atoms with Gasteiger partial charge in [-0.2, -0.15) is 0 Å². The van der Waals surface area contributed by atoms with Gasteiger partial charge in [0.15, 0.2) is 0 Å². The van der Waals surface area contributed by atoms with Crippen molar-refractivity contribution in [1.82, 2.24) is 9.80 Å². The van der Waals surface area contributed by atoms with Crippen LogP contribution in [0.5, 0.6) is 0 Å². The van der Waals surface area contributed by atoms with E-state index in [9.17, 15) is 14.0 Å². The Kier molecular flexibility index (Phi) is 5.18. The Hall–Kier alpha value is -2.15. The van der Waals surface area contributed by atoms with E-state index >= 15 is 0 Å². The van der Waals surface area contributed by atoms with E-state index in [2.05, 4.69) is 12.2 Å². The minimum Gasteiger partial charge on any atom is -0.362 e. The molecule has 0 aliphatic carbocycles. The third-order valence-electron chi connectivity index (χ3n) is 5.48. The van der Waals surface area contributed by atoms with Crippen molar-refractivity contribution in [3.8, 4) is 0 Å². The summed E-state index contributed by atoms with van der Waals surface area (Å²) in [5.41, 5.74) is 0.100. The molecule has 0 aromatic heterocycles. The SMILES string of the molecule is C[C@@H]1CN(C(=O)Nc2cccc(F)c2)CC[C@@]12CC[C@H](C(=O)N(C)C)O2. The lowest BCUT2D eigenvalue weighted by Crippen LogP contribution is -2.53. The molecule has 2 saturated heterocycles. The number of ether oxygens (including phenoxy) is 1. The first-order valence-electron chi connectivity index (χ1n) is 9.01. The summed E-state index contributed by atoms with van der Waals surface area (Å²) in [5, 5.41) is 2.74. The Balaban J connectivity index is 1.60. The summed E-state index contributed by atoms with van der Waals surface area (Å²) >= 11 is 0. The first-order valence-corrected chi connectivity index (χ1v) is 9.01. The second-order valence-corrected chi connectivity index (χ2v) is 7.48. The van der Waals surface area contributed by atoms with E-state index in [1.807, 2.05) is 0 Å². The van der Waals surface area contributed by atoms with Gasteiger partial charge in [-0.25, -0.2) is 9.18 Å². The van der Waals surface area contributed by atoms with Crippen molar-refractivity contribution >= 4 is 17.6 Å². The summed E-state index contributed by atoms with van der Waals surface area (Å²) < 4.78 is 19.5. The zero-order chi connectivity index (χ0) is 18.9. The summed E-state index contributed by atoms with van der Waals surface area (Å²) in [5.74, 6) is -0.264. The van der Waals surface area contributed by atoms with Crippen LogP contribution in [0.3, 0.4) is 0 Å². The normalized spacial score (nSPS) is 28.2. The molecule has 26 heavy (non-hydrogen) atoms. The molecule has 0 bridgehead atoms. The number of likely N-dealkylation sites (N-methyl/N-ethyl adjacent to an activating group) is 1. The number of carbonyl (C=O) groups is 2. The minimum atomic E-state index is -0.389. The Morgan fingerprint density at radius 2 is 2.12 bits per heavy atom. The van der Waals surface area contributed by atoms with E-state index in [0.717, 1.165) is 12.8 Å². The van der Waals surface area contributed by atoms with Gasteiger partial charge >= 0.3 is 6.03 Å². The van der Waals surface area contributed by atoms with E-state index in [4.69, 9.17) is 4.74 Å². The second-order valence-electron chi connectivity index (χ2n) is 7.48. The average Bonchev–Trinajstić information content (AvgIpc) is 3.02. The lowest BCUT2D eigenvalue weighted by molar-refractivity contribution is -0.153. The molecular weight excluding hydrogens is 337 g/mol. The fourth-order valence-corrected chi connectivity index (χ4v) is 3.90. The van der Waals surface area contributed by atoms with Crippen LogP contribution in [0, 0.1) is 11.7 Å². The maximum atomic E-state index is 13.3. The van der Waals surface area contributed by atoms with Gasteiger partial charge < -0.3 is 19.9 Å². The third-order valence-corrected chi connectivity index (χ3v) is 5.48. The van der Waals surface area contributed by atoms with Gasteiger partial charge in [0, 0.05) is 38.8 Å². The van der Waals surface area contributed by atoms with Gasteiger partial charge in [-0.05, 0) is 37.5 Å². The van der Waals surface area contributed by atoms with Gasteiger partial charge in [-0.1, -0.05) is 13.0 Å². The number of urea groups is 1. The van der Waals surface area contributed by atoms with E-state index in [-0.39, 0.29) is 35.4 Å². The Labute approximate surface area is 153 Å². The number of rotatable bonds is 2. The van der Waals surface area contributed by atoms with Gasteiger partial charge in [0.1, 0.15) is 11.9 Å². The number of anilines is 1. The monoisotopic (exact) mass is 363 g/mol. The van der Waals surface area contributed by atoms with Crippen LogP contribution >= 0.6 is 0 Å². The van der Waals surface area contributed by atoms with Crippen LogP contribution in [0.4, 0.5) is 14.9 Å². The lowest BCUT2D eigenvalue weighted by atomic mass is 9.80. The largest absolute Gasteiger partial charge is 0.362 e. The van der Waals surface area contributed by atoms with Gasteiger partial charge in [0.05, 0.1) is 5.60 Å². The van der Waals surface area contributed by atoms with Crippen LogP contribution in [0.15, 0.2) is 24.3 Å². The zero-order valence-electron chi connectivity index (χ0n) is 15.5. The summed E-state index contributed by atoms with van der Waals surface area (Å²) in [4.78, 5) is 27.9. The number of piperidine rings is 1. The van der Waals surface area contributed by atoms with Crippen molar-refractivity contribution < 1.29 is 18.7 Å². The average molecular weight is 363 g/mol. The summed E-state index contributed by atoms with van der Waals surface area (Å²) in [6.45, 7) is 3.16. The quantitative estimate of drug-likeness (QED) is 0.879. The van der Waals surface area contributed by atoms with Gasteiger partial charge in [-0.3, -0.25) is 4.79 Å². The number of carbonyl (C=O) groups excluding carboxylic acids is 2. The first kappa shape index (κ1) is 18.6. The van der Waals surface area contributed by atoms with Crippen molar-refractivity contribution in [2.24, 2.45) is 5.92 Å². The number of hydrogen-bond acceptors (Lipinski definition) is 3. The maximum Gasteiger partial charge on any atom is 0.321 e. The molecule has 6 nitrogen and oxygen atoms in total. The van der Waals surface area contributed by atoms with Crippen LogP contribution in [-0.4, -0.2) is 60.6 Å². The van der Waals surface area contributed by atoms with E-state index < -0.39 is 0 Å². The highest BCUT2D eigenvalue weighted by atomic mass is 19.1. The maximum absolute atomic E-state index is 13.3. The Morgan fingerprint density at radius 3 is 2.77 bits per heavy atom. The molecule has 2 fully saturated rings. The van der Waals surface area contributed by atoms with Crippen molar-refractivity contribution in [2.45, 2.75) is 37.9 Å². The van der Waals surface area contributed by atoms with Crippen molar-refractivity contribution in [3.05, 3.63) is 30.1 Å². The predicted octanol–water partition coefficient (Wildman–Crippen LogP) is 2.71. The molecule has 3 amide bonds. The number of benzene rings is 1. The highest BCUT2D eigenvalue weighted by Crippen LogP contribution is 2.42. The van der Waals surface area contributed by atoms with Crippen LogP contribution in [-0.2, 0) is 9.53 Å². The molecule has 3 rings (SSSR count). The molecule has 2 aliphatic heterocycles.